The average molecular weight is 306 g/mol. The van der Waals surface area contributed by atoms with Gasteiger partial charge in [-0.1, -0.05) is 55.5 Å². The van der Waals surface area contributed by atoms with Crippen LogP contribution in [0.25, 0.3) is 0 Å². The first-order chi connectivity index (χ1) is 11.1. The Kier molecular flexibility index (Phi) is 3.12. The molecule has 0 aliphatic heterocycles. The van der Waals surface area contributed by atoms with Crippen LogP contribution in [0.3, 0.4) is 0 Å². The lowest BCUT2D eigenvalue weighted by Crippen LogP contribution is -2.51. The van der Waals surface area contributed by atoms with Gasteiger partial charge in [0.25, 0.3) is 0 Å². The molecule has 118 valence electrons. The molecule has 2 aromatic carbocycles. The van der Waals surface area contributed by atoms with Crippen LogP contribution in [0.15, 0.2) is 48.5 Å². The van der Waals surface area contributed by atoms with Crippen LogP contribution in [0.5, 0.6) is 0 Å². The van der Waals surface area contributed by atoms with E-state index in [0.717, 1.165) is 19.3 Å². The molecule has 2 aromatic rings. The van der Waals surface area contributed by atoms with E-state index in [-0.39, 0.29) is 11.4 Å². The van der Waals surface area contributed by atoms with Crippen LogP contribution in [0.1, 0.15) is 42.5 Å². The lowest BCUT2D eigenvalue weighted by molar-refractivity contribution is -0.157. The van der Waals surface area contributed by atoms with Crippen LogP contribution in [-0.2, 0) is 27.8 Å². The predicted molar refractivity (Wildman–Crippen MR) is 90.4 cm³/mol. The van der Waals surface area contributed by atoms with Crippen molar-refractivity contribution in [2.75, 3.05) is 6.61 Å². The summed E-state index contributed by atoms with van der Waals surface area (Å²) >= 11 is 0. The van der Waals surface area contributed by atoms with Crippen molar-refractivity contribution in [3.8, 4) is 0 Å². The summed E-state index contributed by atoms with van der Waals surface area (Å²) in [4.78, 5) is 12.9. The molecule has 0 heterocycles. The molecule has 0 amide bonds. The second-order valence-electron chi connectivity index (χ2n) is 7.18. The van der Waals surface area contributed by atoms with E-state index in [2.05, 4.69) is 55.5 Å². The van der Waals surface area contributed by atoms with Crippen molar-refractivity contribution in [1.82, 2.24) is 0 Å². The smallest absolute Gasteiger partial charge is 0.312 e. The lowest BCUT2D eigenvalue weighted by Gasteiger charge is -2.51. The zero-order valence-corrected chi connectivity index (χ0v) is 13.8. The van der Waals surface area contributed by atoms with Crippen molar-refractivity contribution < 1.29 is 9.53 Å². The third-order valence-electron chi connectivity index (χ3n) is 5.68. The van der Waals surface area contributed by atoms with E-state index in [1.54, 1.807) is 0 Å². The van der Waals surface area contributed by atoms with E-state index in [9.17, 15) is 4.79 Å². The molecule has 2 heteroatoms. The number of rotatable bonds is 2. The molecule has 4 rings (SSSR count). The topological polar surface area (TPSA) is 26.3 Å². The number of carbonyl (C=O) groups excluding carboxylic acids is 1. The lowest BCUT2D eigenvalue weighted by atomic mass is 9.52. The monoisotopic (exact) mass is 306 g/mol. The van der Waals surface area contributed by atoms with Crippen molar-refractivity contribution in [2.45, 2.75) is 38.5 Å². The van der Waals surface area contributed by atoms with Crippen molar-refractivity contribution >= 4 is 5.97 Å². The molecule has 2 aliphatic carbocycles. The van der Waals surface area contributed by atoms with Crippen molar-refractivity contribution in [3.05, 3.63) is 70.8 Å². The Morgan fingerprint density at radius 1 is 1.00 bits per heavy atom. The zero-order valence-electron chi connectivity index (χ0n) is 13.8. The summed E-state index contributed by atoms with van der Waals surface area (Å²) < 4.78 is 5.49. The van der Waals surface area contributed by atoms with Gasteiger partial charge in [-0.2, -0.15) is 0 Å². The number of fused-ring (bicyclic) bond motifs is 6. The predicted octanol–water partition coefficient (Wildman–Crippen LogP) is 4.04. The summed E-state index contributed by atoms with van der Waals surface area (Å²) in [5.41, 5.74) is 4.79. The molecule has 23 heavy (non-hydrogen) atoms. The van der Waals surface area contributed by atoms with E-state index in [1.807, 2.05) is 6.92 Å². The van der Waals surface area contributed by atoms with Gasteiger partial charge in [0.05, 0.1) is 12.0 Å². The summed E-state index contributed by atoms with van der Waals surface area (Å²) in [6.45, 7) is 4.62. The third-order valence-corrected chi connectivity index (χ3v) is 5.68. The quantitative estimate of drug-likeness (QED) is 0.783. The van der Waals surface area contributed by atoms with Gasteiger partial charge in [-0.25, -0.2) is 0 Å². The number of carbonyl (C=O) groups is 1. The fourth-order valence-electron chi connectivity index (χ4n) is 4.86. The minimum Gasteiger partial charge on any atom is -0.466 e. The summed E-state index contributed by atoms with van der Waals surface area (Å²) in [6, 6.07) is 17.2. The Bertz CT molecular complexity index is 725. The van der Waals surface area contributed by atoms with Gasteiger partial charge in [-0.3, -0.25) is 4.79 Å². The maximum absolute atomic E-state index is 12.9. The summed E-state index contributed by atoms with van der Waals surface area (Å²) in [5, 5.41) is 0. The van der Waals surface area contributed by atoms with Crippen molar-refractivity contribution in [2.24, 2.45) is 5.41 Å². The van der Waals surface area contributed by atoms with Gasteiger partial charge in [0.2, 0.25) is 0 Å². The fraction of sp³-hybridized carbons (Fsp3) is 0.381. The van der Waals surface area contributed by atoms with E-state index >= 15 is 0 Å². The van der Waals surface area contributed by atoms with Gasteiger partial charge < -0.3 is 4.74 Å². The number of ether oxygens (including phenoxy) is 1. The highest BCUT2D eigenvalue weighted by atomic mass is 16.5. The normalized spacial score (nSPS) is 27.7. The molecule has 0 radical (unpaired) electrons. The Labute approximate surface area is 137 Å². The second kappa shape index (κ2) is 4.95. The molecule has 0 saturated heterocycles. The molecule has 0 atom stereocenters. The van der Waals surface area contributed by atoms with E-state index in [0.29, 0.717) is 6.61 Å². The number of hydrogen-bond acceptors (Lipinski definition) is 2. The van der Waals surface area contributed by atoms with Gasteiger partial charge in [0, 0.05) is 5.41 Å². The maximum atomic E-state index is 12.9. The van der Waals surface area contributed by atoms with Gasteiger partial charge in [-0.15, -0.1) is 0 Å². The van der Waals surface area contributed by atoms with Crippen LogP contribution in [0.4, 0.5) is 0 Å². The van der Waals surface area contributed by atoms with Crippen molar-refractivity contribution in [1.29, 1.82) is 0 Å². The molecule has 2 bridgehead atoms. The van der Waals surface area contributed by atoms with Crippen LogP contribution in [-0.4, -0.2) is 12.6 Å². The Hall–Kier alpha value is -2.09. The molecule has 2 aliphatic rings. The Morgan fingerprint density at radius 2 is 1.52 bits per heavy atom. The highest BCUT2D eigenvalue weighted by Gasteiger charge is 2.54. The molecule has 0 saturated carbocycles. The Morgan fingerprint density at radius 3 is 2.04 bits per heavy atom. The van der Waals surface area contributed by atoms with E-state index in [4.69, 9.17) is 4.74 Å². The second-order valence-corrected chi connectivity index (χ2v) is 7.18. The maximum Gasteiger partial charge on any atom is 0.312 e. The molecule has 0 fully saturated rings. The van der Waals surface area contributed by atoms with Crippen molar-refractivity contribution in [3.63, 3.8) is 0 Å². The molecule has 0 unspecified atom stereocenters. The first kappa shape index (κ1) is 14.5. The molecule has 0 N–H and O–H groups in total. The van der Waals surface area contributed by atoms with Crippen LogP contribution in [0.2, 0.25) is 0 Å². The minimum absolute atomic E-state index is 0.0322. The van der Waals surface area contributed by atoms with Crippen LogP contribution >= 0.6 is 0 Å². The summed E-state index contributed by atoms with van der Waals surface area (Å²) in [7, 11) is 0. The molecular weight excluding hydrogens is 284 g/mol. The van der Waals surface area contributed by atoms with Crippen LogP contribution < -0.4 is 0 Å². The summed E-state index contributed by atoms with van der Waals surface area (Å²) in [6.07, 6.45) is 2.41. The molecule has 2 nitrogen and oxygen atoms in total. The largest absolute Gasteiger partial charge is 0.466 e. The van der Waals surface area contributed by atoms with Gasteiger partial charge >= 0.3 is 5.97 Å². The highest BCUT2D eigenvalue weighted by Crippen LogP contribution is 2.55. The molecule has 0 spiro atoms. The zero-order chi connectivity index (χ0) is 16.1. The Balaban J connectivity index is 1.96. The first-order valence-corrected chi connectivity index (χ1v) is 8.43. The SMILES string of the molecule is CCOC(=O)C12Cc3ccccc3C(C)(C1)c1ccccc1C2. The summed E-state index contributed by atoms with van der Waals surface area (Å²) in [5.74, 6) is -0.0322. The van der Waals surface area contributed by atoms with Gasteiger partial charge in [0.15, 0.2) is 0 Å². The highest BCUT2D eigenvalue weighted by molar-refractivity contribution is 5.80. The van der Waals surface area contributed by atoms with Crippen LogP contribution in [0, 0.1) is 5.41 Å². The molecular formula is C21H22O2. The minimum atomic E-state index is -0.423. The average Bonchev–Trinajstić information content (AvgIpc) is 2.55. The third kappa shape index (κ3) is 1.97. The van der Waals surface area contributed by atoms with Gasteiger partial charge in [-0.05, 0) is 48.4 Å². The van der Waals surface area contributed by atoms with Gasteiger partial charge in [0.1, 0.15) is 0 Å². The van der Waals surface area contributed by atoms with E-state index in [1.165, 1.54) is 22.3 Å². The van der Waals surface area contributed by atoms with E-state index < -0.39 is 5.41 Å². The number of hydrogen-bond donors (Lipinski definition) is 0. The number of esters is 1. The standard InChI is InChI=1S/C21H22O2/c1-3-23-19(22)21-12-15-8-4-6-10-17(15)20(2,14-21)18-11-7-5-9-16(18)13-21/h4-11H,3,12-14H2,1-2H3. The first-order valence-electron chi connectivity index (χ1n) is 8.43. The molecule has 0 aromatic heterocycles. The number of benzene rings is 2. The fourth-order valence-corrected chi connectivity index (χ4v) is 4.86.